The Hall–Kier alpha value is -0.970. The van der Waals surface area contributed by atoms with E-state index in [1.54, 1.807) is 0 Å². The van der Waals surface area contributed by atoms with Gasteiger partial charge in [-0.1, -0.05) is 18.0 Å². The van der Waals surface area contributed by atoms with Crippen LogP contribution in [0.3, 0.4) is 0 Å². The predicted octanol–water partition coefficient (Wildman–Crippen LogP) is 3.97. The molecule has 2 saturated carbocycles. The molecule has 2 aliphatic rings. The number of ether oxygens (including phenoxy) is 1. The Kier molecular flexibility index (Phi) is 8.05. The molecule has 0 heterocycles. The molecular weight excluding hydrogens is 371 g/mol. The third kappa shape index (κ3) is 5.05. The first-order chi connectivity index (χ1) is 12.1. The van der Waals surface area contributed by atoms with Crippen molar-refractivity contribution in [1.29, 1.82) is 0 Å². The number of nitrogens with one attached hydrogen (secondary N) is 1. The monoisotopic (exact) mass is 400 g/mol. The SMILES string of the molecule is CCOc1ccc(Cl)cc1CCNC(=O)C1CC2CCCC(C1)C2N.Cl. The number of carbonyl (C=O) groups excluding carboxylic acids is 1. The quantitative estimate of drug-likeness (QED) is 0.758. The third-order valence-electron chi connectivity index (χ3n) is 5.80. The first-order valence-electron chi connectivity index (χ1n) is 9.53. The summed E-state index contributed by atoms with van der Waals surface area (Å²) in [5.74, 6) is 2.21. The molecular formula is C20H30Cl2N2O2. The van der Waals surface area contributed by atoms with E-state index in [2.05, 4.69) is 5.32 Å². The van der Waals surface area contributed by atoms with Gasteiger partial charge < -0.3 is 15.8 Å². The molecule has 2 fully saturated rings. The van der Waals surface area contributed by atoms with Crippen LogP contribution >= 0.6 is 24.0 Å². The van der Waals surface area contributed by atoms with Crippen LogP contribution in [-0.2, 0) is 11.2 Å². The highest BCUT2D eigenvalue weighted by Gasteiger charge is 2.40. The zero-order valence-electron chi connectivity index (χ0n) is 15.4. The maximum absolute atomic E-state index is 12.6. The van der Waals surface area contributed by atoms with Crippen molar-refractivity contribution in [3.63, 3.8) is 0 Å². The second-order valence-corrected chi connectivity index (χ2v) is 7.86. The van der Waals surface area contributed by atoms with Crippen molar-refractivity contribution < 1.29 is 9.53 Å². The molecule has 0 saturated heterocycles. The lowest BCUT2D eigenvalue weighted by atomic mass is 9.65. The summed E-state index contributed by atoms with van der Waals surface area (Å²) in [5, 5.41) is 3.81. The lowest BCUT2D eigenvalue weighted by Gasteiger charge is -2.43. The van der Waals surface area contributed by atoms with Crippen LogP contribution in [0.15, 0.2) is 18.2 Å². The highest BCUT2D eigenvalue weighted by molar-refractivity contribution is 6.30. The van der Waals surface area contributed by atoms with Gasteiger partial charge in [-0.15, -0.1) is 12.4 Å². The van der Waals surface area contributed by atoms with Gasteiger partial charge in [0.1, 0.15) is 5.75 Å². The average molecular weight is 401 g/mol. The minimum Gasteiger partial charge on any atom is -0.494 e. The molecule has 146 valence electrons. The van der Waals surface area contributed by atoms with Gasteiger partial charge in [0.15, 0.2) is 0 Å². The Labute approximate surface area is 167 Å². The van der Waals surface area contributed by atoms with Gasteiger partial charge in [0, 0.05) is 23.5 Å². The summed E-state index contributed by atoms with van der Waals surface area (Å²) in [6.45, 7) is 3.19. The third-order valence-corrected chi connectivity index (χ3v) is 6.03. The number of halogens is 2. The largest absolute Gasteiger partial charge is 0.494 e. The number of hydrogen-bond acceptors (Lipinski definition) is 3. The van der Waals surface area contributed by atoms with Crippen LogP contribution in [0, 0.1) is 17.8 Å². The topological polar surface area (TPSA) is 64.3 Å². The van der Waals surface area contributed by atoms with Crippen LogP contribution in [0.2, 0.25) is 5.02 Å². The summed E-state index contributed by atoms with van der Waals surface area (Å²) >= 11 is 6.09. The molecule has 6 heteroatoms. The highest BCUT2D eigenvalue weighted by atomic mass is 35.5. The van der Waals surface area contributed by atoms with Gasteiger partial charge in [-0.2, -0.15) is 0 Å². The number of amides is 1. The summed E-state index contributed by atoms with van der Waals surface area (Å²) < 4.78 is 5.64. The summed E-state index contributed by atoms with van der Waals surface area (Å²) in [6, 6.07) is 5.95. The maximum atomic E-state index is 12.6. The predicted molar refractivity (Wildman–Crippen MR) is 108 cm³/mol. The second-order valence-electron chi connectivity index (χ2n) is 7.42. The molecule has 4 nitrogen and oxygen atoms in total. The van der Waals surface area contributed by atoms with Crippen molar-refractivity contribution in [3.8, 4) is 5.75 Å². The van der Waals surface area contributed by atoms with Gasteiger partial charge in [0.05, 0.1) is 6.61 Å². The van der Waals surface area contributed by atoms with E-state index in [-0.39, 0.29) is 24.2 Å². The van der Waals surface area contributed by atoms with E-state index in [1.165, 1.54) is 19.3 Å². The summed E-state index contributed by atoms with van der Waals surface area (Å²) in [6.07, 6.45) is 6.26. The molecule has 2 aliphatic carbocycles. The zero-order chi connectivity index (χ0) is 17.8. The standard InChI is InChI=1S/C20H29ClN2O2.ClH/c1-2-25-18-7-6-17(21)12-13(18)8-9-23-20(24)16-10-14-4-3-5-15(11-16)19(14)22;/h6-7,12,14-16,19H,2-5,8-11,22H2,1H3,(H,23,24);1H. The van der Waals surface area contributed by atoms with Crippen LogP contribution in [0.25, 0.3) is 0 Å². The van der Waals surface area contributed by atoms with Crippen molar-refractivity contribution in [2.45, 2.75) is 51.5 Å². The number of carbonyl (C=O) groups is 1. The van der Waals surface area contributed by atoms with Gasteiger partial charge >= 0.3 is 0 Å². The normalized spacial score (nSPS) is 27.3. The van der Waals surface area contributed by atoms with Gasteiger partial charge in [-0.05, 0) is 74.6 Å². The first-order valence-corrected chi connectivity index (χ1v) is 9.90. The van der Waals surface area contributed by atoms with Crippen LogP contribution < -0.4 is 15.8 Å². The van der Waals surface area contributed by atoms with Crippen LogP contribution in [-0.4, -0.2) is 25.1 Å². The van der Waals surface area contributed by atoms with E-state index in [0.29, 0.717) is 36.1 Å². The Balaban J connectivity index is 0.00000243. The van der Waals surface area contributed by atoms with Crippen molar-refractivity contribution in [2.24, 2.45) is 23.5 Å². The smallest absolute Gasteiger partial charge is 0.223 e. The fourth-order valence-corrected chi connectivity index (χ4v) is 4.70. The summed E-state index contributed by atoms with van der Waals surface area (Å²) in [5.41, 5.74) is 7.36. The Morgan fingerprint density at radius 3 is 2.65 bits per heavy atom. The number of fused-ring (bicyclic) bond motifs is 2. The minimum atomic E-state index is 0. The number of benzene rings is 1. The Morgan fingerprint density at radius 1 is 1.31 bits per heavy atom. The number of hydrogen-bond donors (Lipinski definition) is 2. The molecule has 1 amide bonds. The van der Waals surface area contributed by atoms with Crippen LogP contribution in [0.4, 0.5) is 0 Å². The van der Waals surface area contributed by atoms with E-state index >= 15 is 0 Å². The fourth-order valence-electron chi connectivity index (χ4n) is 4.51. The van der Waals surface area contributed by atoms with E-state index < -0.39 is 0 Å². The lowest BCUT2D eigenvalue weighted by molar-refractivity contribution is -0.127. The van der Waals surface area contributed by atoms with Gasteiger partial charge in [-0.3, -0.25) is 4.79 Å². The molecule has 1 aromatic rings. The molecule has 0 spiro atoms. The van der Waals surface area contributed by atoms with Crippen molar-refractivity contribution >= 4 is 29.9 Å². The van der Waals surface area contributed by atoms with E-state index in [4.69, 9.17) is 22.1 Å². The minimum absolute atomic E-state index is 0. The van der Waals surface area contributed by atoms with E-state index in [9.17, 15) is 4.79 Å². The summed E-state index contributed by atoms with van der Waals surface area (Å²) in [7, 11) is 0. The average Bonchev–Trinajstić information content (AvgIpc) is 2.57. The van der Waals surface area contributed by atoms with E-state index in [0.717, 1.165) is 30.6 Å². The molecule has 26 heavy (non-hydrogen) atoms. The Bertz CT molecular complexity index is 597. The lowest BCUT2D eigenvalue weighted by Crippen LogP contribution is -2.49. The molecule has 1 aromatic carbocycles. The van der Waals surface area contributed by atoms with Gasteiger partial charge in [-0.25, -0.2) is 0 Å². The fraction of sp³-hybridized carbons (Fsp3) is 0.650. The van der Waals surface area contributed by atoms with Gasteiger partial charge in [0.25, 0.3) is 0 Å². The molecule has 0 aromatic heterocycles. The molecule has 2 atom stereocenters. The molecule has 2 unspecified atom stereocenters. The maximum Gasteiger partial charge on any atom is 0.223 e. The molecule has 3 N–H and O–H groups in total. The van der Waals surface area contributed by atoms with Gasteiger partial charge in [0.2, 0.25) is 5.91 Å². The first kappa shape index (κ1) is 21.3. The van der Waals surface area contributed by atoms with Crippen LogP contribution in [0.1, 0.15) is 44.6 Å². The van der Waals surface area contributed by atoms with Crippen LogP contribution in [0.5, 0.6) is 5.75 Å². The van der Waals surface area contributed by atoms with Crippen molar-refractivity contribution in [2.75, 3.05) is 13.2 Å². The van der Waals surface area contributed by atoms with Crippen molar-refractivity contribution in [3.05, 3.63) is 28.8 Å². The molecule has 0 aliphatic heterocycles. The summed E-state index contributed by atoms with van der Waals surface area (Å²) in [4.78, 5) is 12.6. The number of nitrogens with two attached hydrogens (primary N) is 1. The second kappa shape index (κ2) is 9.82. The zero-order valence-corrected chi connectivity index (χ0v) is 17.0. The molecule has 0 radical (unpaired) electrons. The highest BCUT2D eigenvalue weighted by Crippen LogP contribution is 2.41. The molecule has 2 bridgehead atoms. The van der Waals surface area contributed by atoms with E-state index in [1.807, 2.05) is 25.1 Å². The molecule has 3 rings (SSSR count). The Morgan fingerprint density at radius 2 is 2.00 bits per heavy atom. The van der Waals surface area contributed by atoms with Crippen molar-refractivity contribution in [1.82, 2.24) is 5.32 Å². The number of rotatable bonds is 6.